The van der Waals surface area contributed by atoms with Crippen molar-refractivity contribution in [2.24, 2.45) is 5.92 Å². The number of anilines is 2. The normalized spacial score (nSPS) is 16.0. The standard InChI is InChI=1S/C40H42N6O2/c1-28-6-3-4-7-31(28)11-12-33-25-34-26-42-40(43-35-13-9-29(10-14-35)24-30-15-20-45(2)21-16-30)44-38(34)46(39(33)47)27-37-36(8-5-19-41-37)32-17-22-48-23-18-32/h3-10,13-14,19,25-26,30,32H,15-18,20-24,27H2,1-2H3,(H,42,43,44). The number of ether oxygens (including phenoxy) is 1. The zero-order chi connectivity index (χ0) is 32.9. The average molecular weight is 639 g/mol. The highest BCUT2D eigenvalue weighted by atomic mass is 16.5. The molecule has 2 fully saturated rings. The van der Waals surface area contributed by atoms with E-state index in [1.807, 2.05) is 37.3 Å². The van der Waals surface area contributed by atoms with Crippen LogP contribution in [0.4, 0.5) is 11.6 Å². The Morgan fingerprint density at radius 2 is 1.69 bits per heavy atom. The summed E-state index contributed by atoms with van der Waals surface area (Å²) in [5.41, 5.74) is 6.98. The second-order valence-corrected chi connectivity index (χ2v) is 13.2. The molecule has 48 heavy (non-hydrogen) atoms. The number of aryl methyl sites for hydroxylation is 1. The van der Waals surface area contributed by atoms with Crippen LogP contribution in [0.25, 0.3) is 11.0 Å². The fourth-order valence-electron chi connectivity index (χ4n) is 6.87. The van der Waals surface area contributed by atoms with Gasteiger partial charge in [-0.3, -0.25) is 14.3 Å². The second-order valence-electron chi connectivity index (χ2n) is 13.2. The van der Waals surface area contributed by atoms with Gasteiger partial charge in [-0.05, 0) is 118 Å². The molecule has 7 rings (SSSR count). The van der Waals surface area contributed by atoms with E-state index in [0.717, 1.165) is 71.9 Å². The Kier molecular flexibility index (Phi) is 9.60. The van der Waals surface area contributed by atoms with Gasteiger partial charge in [0.2, 0.25) is 5.95 Å². The number of benzene rings is 2. The SMILES string of the molecule is Cc1ccccc1C#Cc1cc2cnc(Nc3ccc(CC4CCN(C)CC4)cc3)nc2n(Cc2ncccc2C2CCOCC2)c1=O. The van der Waals surface area contributed by atoms with Crippen molar-refractivity contribution < 1.29 is 4.74 Å². The minimum Gasteiger partial charge on any atom is -0.381 e. The molecular formula is C40H42N6O2. The maximum absolute atomic E-state index is 14.2. The van der Waals surface area contributed by atoms with Crippen LogP contribution >= 0.6 is 0 Å². The molecule has 5 aromatic rings. The van der Waals surface area contributed by atoms with Crippen molar-refractivity contribution in [2.45, 2.75) is 51.5 Å². The Labute approximate surface area is 282 Å². The first kappa shape index (κ1) is 31.7. The lowest BCUT2D eigenvalue weighted by atomic mass is 9.90. The van der Waals surface area contributed by atoms with Crippen LogP contribution in [0.5, 0.6) is 0 Å². The Balaban J connectivity index is 1.22. The lowest BCUT2D eigenvalue weighted by molar-refractivity contribution is 0.0850. The average Bonchev–Trinajstić information content (AvgIpc) is 3.12. The first-order valence-corrected chi connectivity index (χ1v) is 17.0. The van der Waals surface area contributed by atoms with Crippen LogP contribution in [0, 0.1) is 24.7 Å². The van der Waals surface area contributed by atoms with Gasteiger partial charge in [-0.1, -0.05) is 48.2 Å². The molecule has 0 atom stereocenters. The summed E-state index contributed by atoms with van der Waals surface area (Å²) in [5.74, 6) is 7.88. The predicted octanol–water partition coefficient (Wildman–Crippen LogP) is 6.46. The molecule has 0 radical (unpaired) electrons. The van der Waals surface area contributed by atoms with E-state index in [9.17, 15) is 4.79 Å². The molecule has 8 heteroatoms. The number of fused-ring (bicyclic) bond motifs is 1. The molecule has 2 aliphatic heterocycles. The number of likely N-dealkylation sites (tertiary alicyclic amines) is 1. The van der Waals surface area contributed by atoms with E-state index in [1.54, 1.807) is 23.0 Å². The largest absolute Gasteiger partial charge is 0.381 e. The third kappa shape index (κ3) is 7.33. The van der Waals surface area contributed by atoms with Crippen LogP contribution in [0.2, 0.25) is 0 Å². The van der Waals surface area contributed by atoms with E-state index < -0.39 is 0 Å². The predicted molar refractivity (Wildman–Crippen MR) is 191 cm³/mol. The zero-order valence-electron chi connectivity index (χ0n) is 27.8. The minimum absolute atomic E-state index is 0.199. The van der Waals surface area contributed by atoms with E-state index in [0.29, 0.717) is 23.1 Å². The first-order valence-electron chi connectivity index (χ1n) is 17.0. The number of nitrogens with zero attached hydrogens (tertiary/aromatic N) is 5. The summed E-state index contributed by atoms with van der Waals surface area (Å²) in [6.07, 6.45) is 9.03. The summed E-state index contributed by atoms with van der Waals surface area (Å²) in [6.45, 7) is 6.11. The van der Waals surface area contributed by atoms with Gasteiger partial charge < -0.3 is 15.0 Å². The van der Waals surface area contributed by atoms with E-state index in [2.05, 4.69) is 64.4 Å². The topological polar surface area (TPSA) is 85.2 Å². The van der Waals surface area contributed by atoms with Gasteiger partial charge in [-0.2, -0.15) is 4.98 Å². The number of rotatable bonds is 7. The number of hydrogen-bond donors (Lipinski definition) is 1. The highest BCUT2D eigenvalue weighted by Crippen LogP contribution is 2.29. The van der Waals surface area contributed by atoms with E-state index >= 15 is 0 Å². The quantitative estimate of drug-likeness (QED) is 0.205. The lowest BCUT2D eigenvalue weighted by Gasteiger charge is -2.28. The van der Waals surface area contributed by atoms with Gasteiger partial charge in [0.05, 0.1) is 17.8 Å². The van der Waals surface area contributed by atoms with Gasteiger partial charge >= 0.3 is 0 Å². The molecule has 0 spiro atoms. The highest BCUT2D eigenvalue weighted by Gasteiger charge is 2.21. The van der Waals surface area contributed by atoms with Gasteiger partial charge in [0, 0.05) is 42.2 Å². The Morgan fingerprint density at radius 3 is 2.48 bits per heavy atom. The Bertz CT molecular complexity index is 2010. The van der Waals surface area contributed by atoms with Gasteiger partial charge in [0.15, 0.2) is 0 Å². The summed E-state index contributed by atoms with van der Waals surface area (Å²) in [5, 5.41) is 4.11. The van der Waals surface area contributed by atoms with Crippen molar-refractivity contribution >= 4 is 22.7 Å². The monoisotopic (exact) mass is 638 g/mol. The molecule has 0 aliphatic carbocycles. The van der Waals surface area contributed by atoms with Gasteiger partial charge in [0.25, 0.3) is 5.56 Å². The number of piperidine rings is 1. The van der Waals surface area contributed by atoms with Crippen molar-refractivity contribution in [1.82, 2.24) is 24.4 Å². The summed E-state index contributed by atoms with van der Waals surface area (Å²) < 4.78 is 7.34. The molecule has 244 valence electrons. The van der Waals surface area contributed by atoms with Crippen molar-refractivity contribution in [3.05, 3.63) is 123 Å². The number of pyridine rings is 2. The molecule has 0 amide bonds. The number of aromatic nitrogens is 4. The Morgan fingerprint density at radius 1 is 0.917 bits per heavy atom. The molecule has 5 heterocycles. The van der Waals surface area contributed by atoms with Crippen molar-refractivity contribution in [3.63, 3.8) is 0 Å². The summed E-state index contributed by atoms with van der Waals surface area (Å²) in [6, 6.07) is 22.4. The third-order valence-electron chi connectivity index (χ3n) is 9.77. The van der Waals surface area contributed by atoms with Crippen LogP contribution in [-0.2, 0) is 17.7 Å². The summed E-state index contributed by atoms with van der Waals surface area (Å²) in [4.78, 5) is 30.9. The number of hydrogen-bond acceptors (Lipinski definition) is 7. The molecule has 0 bridgehead atoms. The molecule has 2 aliphatic rings. The molecule has 0 unspecified atom stereocenters. The molecular weight excluding hydrogens is 596 g/mol. The van der Waals surface area contributed by atoms with Crippen molar-refractivity contribution in [2.75, 3.05) is 38.7 Å². The molecule has 2 aromatic carbocycles. The van der Waals surface area contributed by atoms with E-state index in [1.165, 1.54) is 31.5 Å². The summed E-state index contributed by atoms with van der Waals surface area (Å²) in [7, 11) is 2.20. The minimum atomic E-state index is -0.199. The van der Waals surface area contributed by atoms with Crippen LogP contribution in [0.15, 0.2) is 83.9 Å². The molecule has 3 aromatic heterocycles. The first-order chi connectivity index (χ1) is 23.5. The van der Waals surface area contributed by atoms with Gasteiger partial charge in [0.1, 0.15) is 5.65 Å². The van der Waals surface area contributed by atoms with E-state index in [-0.39, 0.29) is 12.1 Å². The molecule has 8 nitrogen and oxygen atoms in total. The lowest BCUT2D eigenvalue weighted by Crippen LogP contribution is -2.30. The molecule has 2 saturated heterocycles. The highest BCUT2D eigenvalue weighted by molar-refractivity contribution is 5.77. The van der Waals surface area contributed by atoms with Crippen LogP contribution < -0.4 is 10.9 Å². The van der Waals surface area contributed by atoms with Crippen LogP contribution in [0.3, 0.4) is 0 Å². The third-order valence-corrected chi connectivity index (χ3v) is 9.77. The Hall–Kier alpha value is -4.84. The fraction of sp³-hybridized carbons (Fsp3) is 0.350. The van der Waals surface area contributed by atoms with Crippen molar-refractivity contribution in [3.8, 4) is 11.8 Å². The van der Waals surface area contributed by atoms with Gasteiger partial charge in [-0.15, -0.1) is 0 Å². The zero-order valence-corrected chi connectivity index (χ0v) is 27.8. The maximum atomic E-state index is 14.2. The van der Waals surface area contributed by atoms with Gasteiger partial charge in [-0.25, -0.2) is 4.98 Å². The fourth-order valence-corrected chi connectivity index (χ4v) is 6.87. The van der Waals surface area contributed by atoms with Crippen LogP contribution in [-0.4, -0.2) is 57.8 Å². The summed E-state index contributed by atoms with van der Waals surface area (Å²) >= 11 is 0. The van der Waals surface area contributed by atoms with E-state index in [4.69, 9.17) is 14.7 Å². The number of nitrogens with one attached hydrogen (secondary N) is 1. The maximum Gasteiger partial charge on any atom is 0.268 e. The van der Waals surface area contributed by atoms with Crippen LogP contribution in [0.1, 0.15) is 65.1 Å². The van der Waals surface area contributed by atoms with Crippen molar-refractivity contribution in [1.29, 1.82) is 0 Å². The molecule has 0 saturated carbocycles. The second kappa shape index (κ2) is 14.5. The smallest absolute Gasteiger partial charge is 0.268 e. The molecule has 1 N–H and O–H groups in total.